The number of nitrogens with one attached hydrogen (secondary N) is 1. The molecule has 1 saturated carbocycles. The van der Waals surface area contributed by atoms with Gasteiger partial charge in [-0.05, 0) is 36.5 Å². The fourth-order valence-corrected chi connectivity index (χ4v) is 3.74. The molecular formula is C20H22N8. The van der Waals surface area contributed by atoms with Crippen molar-refractivity contribution in [3.8, 4) is 11.3 Å². The Morgan fingerprint density at radius 3 is 2.79 bits per heavy atom. The van der Waals surface area contributed by atoms with Crippen LogP contribution >= 0.6 is 0 Å². The molecule has 0 amide bonds. The van der Waals surface area contributed by atoms with Crippen LogP contribution in [0.1, 0.15) is 26.2 Å². The van der Waals surface area contributed by atoms with Gasteiger partial charge in [0.05, 0.1) is 17.4 Å². The Morgan fingerprint density at radius 2 is 2.04 bits per heavy atom. The second-order valence-corrected chi connectivity index (χ2v) is 7.85. The summed E-state index contributed by atoms with van der Waals surface area (Å²) in [5, 5.41) is 16.1. The Bertz CT molecular complexity index is 1140. The molecule has 28 heavy (non-hydrogen) atoms. The van der Waals surface area contributed by atoms with Crippen LogP contribution in [0.5, 0.6) is 0 Å². The first-order valence-corrected chi connectivity index (χ1v) is 9.51. The van der Waals surface area contributed by atoms with Crippen molar-refractivity contribution < 1.29 is 0 Å². The molecule has 5 rings (SSSR count). The van der Waals surface area contributed by atoms with Gasteiger partial charge in [-0.3, -0.25) is 4.68 Å². The lowest BCUT2D eigenvalue weighted by molar-refractivity contribution is 0.127. The normalized spacial score (nSPS) is 15.5. The first-order valence-electron chi connectivity index (χ1n) is 9.51. The number of aryl methyl sites for hydroxylation is 1. The molecule has 0 unspecified atom stereocenters. The lowest BCUT2D eigenvalue weighted by Crippen LogP contribution is -2.31. The predicted octanol–water partition coefficient (Wildman–Crippen LogP) is 3.56. The maximum Gasteiger partial charge on any atom is 0.228 e. The third-order valence-corrected chi connectivity index (χ3v) is 5.62. The lowest BCUT2D eigenvalue weighted by Gasteiger charge is -2.38. The molecule has 0 aliphatic heterocycles. The van der Waals surface area contributed by atoms with Crippen molar-refractivity contribution in [2.24, 2.45) is 12.5 Å². The summed E-state index contributed by atoms with van der Waals surface area (Å²) in [6, 6.07) is 9.97. The molecule has 0 bridgehead atoms. The van der Waals surface area contributed by atoms with E-state index in [0.717, 1.165) is 34.7 Å². The Morgan fingerprint density at radius 1 is 1.14 bits per heavy atom. The van der Waals surface area contributed by atoms with E-state index in [-0.39, 0.29) is 0 Å². The summed E-state index contributed by atoms with van der Waals surface area (Å²) in [6.45, 7) is 3.26. The number of aromatic nitrogens is 7. The number of rotatable bonds is 5. The van der Waals surface area contributed by atoms with Crippen molar-refractivity contribution >= 4 is 22.8 Å². The van der Waals surface area contributed by atoms with E-state index in [1.165, 1.54) is 19.3 Å². The largest absolute Gasteiger partial charge is 0.309 e. The zero-order valence-corrected chi connectivity index (χ0v) is 16.0. The second-order valence-electron chi connectivity index (χ2n) is 7.85. The van der Waals surface area contributed by atoms with E-state index in [4.69, 9.17) is 0 Å². The second kappa shape index (κ2) is 6.40. The molecular weight excluding hydrogens is 352 g/mol. The van der Waals surface area contributed by atoms with Crippen LogP contribution in [0, 0.1) is 5.41 Å². The lowest BCUT2D eigenvalue weighted by atomic mass is 9.70. The maximum absolute atomic E-state index is 4.64. The van der Waals surface area contributed by atoms with E-state index in [1.54, 1.807) is 17.1 Å². The minimum atomic E-state index is 0.359. The van der Waals surface area contributed by atoms with Gasteiger partial charge in [0.2, 0.25) is 5.95 Å². The highest BCUT2D eigenvalue weighted by molar-refractivity contribution is 5.80. The first kappa shape index (κ1) is 16.9. The van der Waals surface area contributed by atoms with Crippen LogP contribution in [-0.2, 0) is 13.6 Å². The molecule has 1 fully saturated rings. The van der Waals surface area contributed by atoms with Crippen molar-refractivity contribution in [1.29, 1.82) is 0 Å². The molecule has 0 radical (unpaired) electrons. The summed E-state index contributed by atoms with van der Waals surface area (Å²) in [4.78, 5) is 8.94. The van der Waals surface area contributed by atoms with Crippen LogP contribution in [0.15, 0.2) is 42.7 Å². The van der Waals surface area contributed by atoms with Gasteiger partial charge in [0.15, 0.2) is 0 Å². The smallest absolute Gasteiger partial charge is 0.228 e. The number of benzene rings is 1. The van der Waals surface area contributed by atoms with Gasteiger partial charge in [-0.2, -0.15) is 5.10 Å². The van der Waals surface area contributed by atoms with Gasteiger partial charge in [0, 0.05) is 31.4 Å². The Kier molecular flexibility index (Phi) is 3.85. The molecule has 8 heteroatoms. The fraction of sp³-hybridized carbons (Fsp3) is 0.350. The van der Waals surface area contributed by atoms with Crippen LogP contribution in [-0.4, -0.2) is 34.7 Å². The van der Waals surface area contributed by atoms with E-state index < -0.39 is 0 Å². The van der Waals surface area contributed by atoms with Crippen LogP contribution in [0.2, 0.25) is 0 Å². The Labute approximate surface area is 162 Å². The van der Waals surface area contributed by atoms with Crippen molar-refractivity contribution in [2.45, 2.75) is 32.7 Å². The van der Waals surface area contributed by atoms with E-state index in [2.05, 4.69) is 49.8 Å². The van der Waals surface area contributed by atoms with E-state index in [9.17, 15) is 0 Å². The van der Waals surface area contributed by atoms with Crippen molar-refractivity contribution in [3.05, 3.63) is 42.7 Å². The maximum atomic E-state index is 4.64. The van der Waals surface area contributed by atoms with Crippen molar-refractivity contribution in [2.75, 3.05) is 5.32 Å². The molecule has 1 aliphatic rings. The summed E-state index contributed by atoms with van der Waals surface area (Å²) in [6.07, 6.45) is 7.32. The van der Waals surface area contributed by atoms with Gasteiger partial charge in [0.25, 0.3) is 0 Å². The standard InChI is InChI=1S/C20H22N8/c1-20(8-3-9-20)13-28-17-5-4-14(12-16(17)25-26-28)15-6-10-21-19(23-15)24-18-7-11-22-27(18)2/h4-7,10-12H,3,8-9,13H2,1-2H3,(H,21,23,24). The molecule has 8 nitrogen and oxygen atoms in total. The first-order chi connectivity index (χ1) is 13.6. The van der Waals surface area contributed by atoms with Gasteiger partial charge in [-0.25, -0.2) is 14.6 Å². The number of fused-ring (bicyclic) bond motifs is 1. The van der Waals surface area contributed by atoms with Gasteiger partial charge in [0.1, 0.15) is 11.3 Å². The molecule has 1 aromatic carbocycles. The molecule has 142 valence electrons. The zero-order chi connectivity index (χ0) is 19.1. The van der Waals surface area contributed by atoms with Crippen LogP contribution in [0.4, 0.5) is 11.8 Å². The molecule has 0 atom stereocenters. The van der Waals surface area contributed by atoms with Crippen molar-refractivity contribution in [3.63, 3.8) is 0 Å². The van der Waals surface area contributed by atoms with Crippen LogP contribution in [0.25, 0.3) is 22.3 Å². The molecule has 0 spiro atoms. The zero-order valence-electron chi connectivity index (χ0n) is 16.0. The Balaban J connectivity index is 1.43. The molecule has 1 N–H and O–H groups in total. The van der Waals surface area contributed by atoms with Crippen LogP contribution < -0.4 is 5.32 Å². The molecule has 3 heterocycles. The molecule has 3 aromatic heterocycles. The van der Waals surface area contributed by atoms with Crippen LogP contribution in [0.3, 0.4) is 0 Å². The monoisotopic (exact) mass is 374 g/mol. The summed E-state index contributed by atoms with van der Waals surface area (Å²) in [5.74, 6) is 1.36. The van der Waals surface area contributed by atoms with E-state index >= 15 is 0 Å². The number of hydrogen-bond donors (Lipinski definition) is 1. The van der Waals surface area contributed by atoms with Gasteiger partial charge in [-0.15, -0.1) is 5.10 Å². The molecule has 4 aromatic rings. The highest BCUT2D eigenvalue weighted by Gasteiger charge is 2.32. The molecule has 1 aliphatic carbocycles. The summed E-state index contributed by atoms with van der Waals surface area (Å²) in [5.41, 5.74) is 4.14. The summed E-state index contributed by atoms with van der Waals surface area (Å²) >= 11 is 0. The molecule has 0 saturated heterocycles. The highest BCUT2D eigenvalue weighted by atomic mass is 15.4. The highest BCUT2D eigenvalue weighted by Crippen LogP contribution is 2.42. The predicted molar refractivity (Wildman–Crippen MR) is 107 cm³/mol. The third-order valence-electron chi connectivity index (χ3n) is 5.62. The number of nitrogens with zero attached hydrogens (tertiary/aromatic N) is 7. The average Bonchev–Trinajstić information content (AvgIpc) is 3.26. The Hall–Kier alpha value is -3.29. The average molecular weight is 374 g/mol. The fourth-order valence-electron chi connectivity index (χ4n) is 3.74. The quantitative estimate of drug-likeness (QED) is 0.575. The summed E-state index contributed by atoms with van der Waals surface area (Å²) < 4.78 is 3.77. The number of anilines is 2. The van der Waals surface area contributed by atoms with Gasteiger partial charge < -0.3 is 5.32 Å². The topological polar surface area (TPSA) is 86.3 Å². The SMILES string of the molecule is Cn1nccc1Nc1nccc(-c2ccc3c(c2)nnn3CC2(C)CCC2)n1. The van der Waals surface area contributed by atoms with Crippen molar-refractivity contribution in [1.82, 2.24) is 34.7 Å². The minimum Gasteiger partial charge on any atom is -0.309 e. The number of hydrogen-bond acceptors (Lipinski definition) is 6. The van der Waals surface area contributed by atoms with Gasteiger partial charge >= 0.3 is 0 Å². The van der Waals surface area contributed by atoms with E-state index in [0.29, 0.717) is 11.4 Å². The van der Waals surface area contributed by atoms with E-state index in [1.807, 2.05) is 29.9 Å². The van der Waals surface area contributed by atoms with Gasteiger partial charge in [-0.1, -0.05) is 24.6 Å². The summed E-state index contributed by atoms with van der Waals surface area (Å²) in [7, 11) is 1.87. The minimum absolute atomic E-state index is 0.359. The third kappa shape index (κ3) is 3.00.